The molecule has 0 aliphatic carbocycles. The number of halogens is 2. The van der Waals surface area contributed by atoms with E-state index in [9.17, 15) is 13.6 Å². The van der Waals surface area contributed by atoms with Crippen molar-refractivity contribution in [1.82, 2.24) is 4.90 Å². The summed E-state index contributed by atoms with van der Waals surface area (Å²) in [6, 6.07) is -1.42. The van der Waals surface area contributed by atoms with Gasteiger partial charge in [0.25, 0.3) is 5.92 Å². The van der Waals surface area contributed by atoms with Gasteiger partial charge in [0.2, 0.25) is 5.91 Å². The van der Waals surface area contributed by atoms with Gasteiger partial charge in [0.05, 0.1) is 18.2 Å². The molecule has 0 radical (unpaired) electrons. The van der Waals surface area contributed by atoms with Crippen molar-refractivity contribution < 1.29 is 13.6 Å². The van der Waals surface area contributed by atoms with Crippen LogP contribution in [0.15, 0.2) is 0 Å². The molecule has 2 N–H and O–H groups in total. The summed E-state index contributed by atoms with van der Waals surface area (Å²) in [5.41, 5.74) is 5.72. The summed E-state index contributed by atoms with van der Waals surface area (Å²) >= 11 is 0. The second-order valence-electron chi connectivity index (χ2n) is 5.27. The maximum absolute atomic E-state index is 13.5. The molecule has 0 spiro atoms. The fourth-order valence-corrected chi connectivity index (χ4v) is 2.25. The monoisotopic (exact) mass is 259 g/mol. The van der Waals surface area contributed by atoms with Gasteiger partial charge >= 0.3 is 0 Å². The molecule has 102 valence electrons. The van der Waals surface area contributed by atoms with E-state index in [2.05, 4.69) is 0 Å². The third-order valence-electron chi connectivity index (χ3n) is 3.28. The minimum absolute atomic E-state index is 0.197. The summed E-state index contributed by atoms with van der Waals surface area (Å²) in [6.45, 7) is 5.06. The van der Waals surface area contributed by atoms with Crippen LogP contribution in [-0.4, -0.2) is 34.9 Å². The normalized spacial score (nSPS) is 28.2. The number of rotatable bonds is 3. The number of carbonyl (C=O) groups is 1. The van der Waals surface area contributed by atoms with Crippen LogP contribution in [0.25, 0.3) is 0 Å². The number of likely N-dealkylation sites (tertiary alicyclic amines) is 1. The Labute approximate surface area is 106 Å². The Morgan fingerprint density at radius 3 is 2.61 bits per heavy atom. The zero-order chi connectivity index (χ0) is 14.1. The van der Waals surface area contributed by atoms with Crippen molar-refractivity contribution in [2.24, 2.45) is 11.7 Å². The molecule has 0 aromatic heterocycles. The third-order valence-corrected chi connectivity index (χ3v) is 3.28. The molecule has 0 saturated carbocycles. The molecule has 0 aromatic rings. The second kappa shape index (κ2) is 5.19. The van der Waals surface area contributed by atoms with Crippen LogP contribution in [0.1, 0.15) is 33.6 Å². The average molecular weight is 259 g/mol. The summed E-state index contributed by atoms with van der Waals surface area (Å²) in [4.78, 5) is 13.0. The van der Waals surface area contributed by atoms with Gasteiger partial charge < -0.3 is 10.6 Å². The fourth-order valence-electron chi connectivity index (χ4n) is 2.25. The fraction of sp³-hybridized carbons (Fsp3) is 0.833. The van der Waals surface area contributed by atoms with Crippen LogP contribution in [0.2, 0.25) is 0 Å². The van der Waals surface area contributed by atoms with Crippen molar-refractivity contribution in [2.75, 3.05) is 0 Å². The Balaban J connectivity index is 2.87. The van der Waals surface area contributed by atoms with Gasteiger partial charge in [-0.3, -0.25) is 4.79 Å². The molecular weight excluding hydrogens is 240 g/mol. The van der Waals surface area contributed by atoms with E-state index in [0.29, 0.717) is 6.42 Å². The number of nitriles is 1. The minimum atomic E-state index is -3.02. The number of nitrogens with two attached hydrogens (primary N) is 1. The molecule has 1 aliphatic rings. The highest BCUT2D eigenvalue weighted by Gasteiger charge is 2.54. The van der Waals surface area contributed by atoms with Gasteiger partial charge in [0.15, 0.2) is 0 Å². The van der Waals surface area contributed by atoms with Gasteiger partial charge in [-0.1, -0.05) is 13.8 Å². The Bertz CT molecular complexity index is 365. The SMILES string of the molecule is CC(C)C[C@H](N)C(=O)N1C(C#N)CC(F)(F)C1C. The summed E-state index contributed by atoms with van der Waals surface area (Å²) in [6.07, 6.45) is -0.184. The van der Waals surface area contributed by atoms with Gasteiger partial charge in [-0.15, -0.1) is 0 Å². The first-order chi connectivity index (χ1) is 8.20. The third kappa shape index (κ3) is 2.78. The summed E-state index contributed by atoms with van der Waals surface area (Å²) in [5.74, 6) is -3.38. The molecule has 1 amide bonds. The zero-order valence-corrected chi connectivity index (χ0v) is 10.9. The van der Waals surface area contributed by atoms with E-state index in [1.54, 1.807) is 6.07 Å². The topological polar surface area (TPSA) is 70.1 Å². The number of amides is 1. The molecule has 0 bridgehead atoms. The van der Waals surface area contributed by atoms with Gasteiger partial charge in [0.1, 0.15) is 6.04 Å². The largest absolute Gasteiger partial charge is 0.320 e. The first-order valence-electron chi connectivity index (χ1n) is 6.06. The van der Waals surface area contributed by atoms with Crippen molar-refractivity contribution in [1.29, 1.82) is 5.26 Å². The number of hydrogen-bond donors (Lipinski definition) is 1. The lowest BCUT2D eigenvalue weighted by atomic mass is 10.0. The minimum Gasteiger partial charge on any atom is -0.320 e. The highest BCUT2D eigenvalue weighted by atomic mass is 19.3. The molecule has 18 heavy (non-hydrogen) atoms. The molecule has 1 fully saturated rings. The predicted molar refractivity (Wildman–Crippen MR) is 62.7 cm³/mol. The van der Waals surface area contributed by atoms with Crippen molar-refractivity contribution in [3.05, 3.63) is 0 Å². The summed E-state index contributed by atoms with van der Waals surface area (Å²) in [5, 5.41) is 8.88. The molecule has 1 rings (SSSR count). The maximum Gasteiger partial charge on any atom is 0.270 e. The van der Waals surface area contributed by atoms with Gasteiger partial charge in [-0.2, -0.15) is 5.26 Å². The highest BCUT2D eigenvalue weighted by Crippen LogP contribution is 2.38. The van der Waals surface area contributed by atoms with Crippen molar-refractivity contribution in [3.63, 3.8) is 0 Å². The zero-order valence-electron chi connectivity index (χ0n) is 10.9. The molecule has 2 unspecified atom stereocenters. The van der Waals surface area contributed by atoms with Crippen molar-refractivity contribution in [3.8, 4) is 6.07 Å². The summed E-state index contributed by atoms with van der Waals surface area (Å²) in [7, 11) is 0. The highest BCUT2D eigenvalue weighted by molar-refractivity contribution is 5.83. The van der Waals surface area contributed by atoms with Crippen LogP contribution >= 0.6 is 0 Å². The smallest absolute Gasteiger partial charge is 0.270 e. The van der Waals surface area contributed by atoms with Crippen LogP contribution in [0.3, 0.4) is 0 Å². The Morgan fingerprint density at radius 2 is 2.17 bits per heavy atom. The Hall–Kier alpha value is -1.22. The first kappa shape index (κ1) is 14.8. The standard InChI is InChI=1S/C12H19F2N3O/c1-7(2)4-10(16)11(18)17-8(3)12(13,14)5-9(17)6-15/h7-10H,4-5,16H2,1-3H3/t8?,9?,10-/m0/s1. The van der Waals surface area contributed by atoms with E-state index in [-0.39, 0.29) is 5.92 Å². The number of carbonyl (C=O) groups excluding carboxylic acids is 1. The maximum atomic E-state index is 13.5. The lowest BCUT2D eigenvalue weighted by Crippen LogP contribution is -2.50. The van der Waals surface area contributed by atoms with Gasteiger partial charge in [-0.25, -0.2) is 8.78 Å². The second-order valence-corrected chi connectivity index (χ2v) is 5.27. The van der Waals surface area contributed by atoms with E-state index < -0.39 is 36.4 Å². The number of hydrogen-bond acceptors (Lipinski definition) is 3. The first-order valence-corrected chi connectivity index (χ1v) is 6.06. The lowest BCUT2D eigenvalue weighted by molar-refractivity contribution is -0.137. The molecule has 3 atom stereocenters. The van der Waals surface area contributed by atoms with Crippen LogP contribution < -0.4 is 5.73 Å². The van der Waals surface area contributed by atoms with Crippen LogP contribution in [-0.2, 0) is 4.79 Å². The Kier molecular flexibility index (Phi) is 4.28. The van der Waals surface area contributed by atoms with Crippen molar-refractivity contribution in [2.45, 2.75) is 57.7 Å². The molecular formula is C12H19F2N3O. The molecule has 4 nitrogen and oxygen atoms in total. The molecule has 1 heterocycles. The Morgan fingerprint density at radius 1 is 1.61 bits per heavy atom. The van der Waals surface area contributed by atoms with Crippen LogP contribution in [0.4, 0.5) is 8.78 Å². The average Bonchev–Trinajstić information content (AvgIpc) is 2.48. The van der Waals surface area contributed by atoms with E-state index >= 15 is 0 Å². The van der Waals surface area contributed by atoms with E-state index in [1.807, 2.05) is 13.8 Å². The van der Waals surface area contributed by atoms with Gasteiger partial charge in [0, 0.05) is 6.42 Å². The van der Waals surface area contributed by atoms with E-state index in [4.69, 9.17) is 11.0 Å². The van der Waals surface area contributed by atoms with E-state index in [0.717, 1.165) is 4.90 Å². The van der Waals surface area contributed by atoms with Gasteiger partial charge in [-0.05, 0) is 19.3 Å². The lowest BCUT2D eigenvalue weighted by Gasteiger charge is -2.28. The van der Waals surface area contributed by atoms with E-state index in [1.165, 1.54) is 6.92 Å². The molecule has 1 saturated heterocycles. The van der Waals surface area contributed by atoms with Crippen molar-refractivity contribution >= 4 is 5.91 Å². The predicted octanol–water partition coefficient (Wildman–Crippen LogP) is 1.51. The van der Waals surface area contributed by atoms with Crippen LogP contribution in [0, 0.1) is 17.2 Å². The molecule has 1 aliphatic heterocycles. The quantitative estimate of drug-likeness (QED) is 0.835. The summed E-state index contributed by atoms with van der Waals surface area (Å²) < 4.78 is 27.1. The molecule has 0 aromatic carbocycles. The number of alkyl halides is 2. The van der Waals surface area contributed by atoms with Crippen LogP contribution in [0.5, 0.6) is 0 Å². The molecule has 6 heteroatoms. The number of nitrogens with zero attached hydrogens (tertiary/aromatic N) is 2.